The predicted octanol–water partition coefficient (Wildman–Crippen LogP) is 3.15. The Morgan fingerprint density at radius 1 is 1.15 bits per heavy atom. The summed E-state index contributed by atoms with van der Waals surface area (Å²) in [6, 6.07) is 6.38. The molecule has 0 spiro atoms. The maximum absolute atomic E-state index is 13.8. The van der Waals surface area contributed by atoms with Gasteiger partial charge in [-0.2, -0.15) is 0 Å². The van der Waals surface area contributed by atoms with Crippen LogP contribution in [0.1, 0.15) is 10.4 Å². The summed E-state index contributed by atoms with van der Waals surface area (Å²) in [6.45, 7) is 0. The highest BCUT2D eigenvalue weighted by molar-refractivity contribution is 9.10. The van der Waals surface area contributed by atoms with E-state index < -0.39 is 17.5 Å². The molecule has 0 aliphatic carbocycles. The molecule has 20 heavy (non-hydrogen) atoms. The first kappa shape index (κ1) is 14.3. The number of nitrogens with two attached hydrogens (primary N) is 2. The SMILES string of the molecule is NC(=O)c1cc(Nc2ccc(Br)c(F)c2)c(F)cc1N. The number of primary amides is 1. The minimum Gasteiger partial charge on any atom is -0.398 e. The van der Waals surface area contributed by atoms with Gasteiger partial charge in [0.2, 0.25) is 0 Å². The molecular weight excluding hydrogens is 332 g/mol. The summed E-state index contributed by atoms with van der Waals surface area (Å²) in [6.07, 6.45) is 0. The van der Waals surface area contributed by atoms with Crippen LogP contribution in [0.3, 0.4) is 0 Å². The average molecular weight is 342 g/mol. The van der Waals surface area contributed by atoms with E-state index >= 15 is 0 Å². The van der Waals surface area contributed by atoms with Crippen LogP contribution in [-0.4, -0.2) is 5.91 Å². The molecule has 5 N–H and O–H groups in total. The third kappa shape index (κ3) is 2.88. The van der Waals surface area contributed by atoms with Gasteiger partial charge in [-0.1, -0.05) is 0 Å². The van der Waals surface area contributed by atoms with E-state index in [1.807, 2.05) is 0 Å². The summed E-state index contributed by atoms with van der Waals surface area (Å²) >= 11 is 3.01. The summed E-state index contributed by atoms with van der Waals surface area (Å²) in [7, 11) is 0. The highest BCUT2D eigenvalue weighted by Crippen LogP contribution is 2.27. The average Bonchev–Trinajstić information content (AvgIpc) is 2.36. The first-order valence-electron chi connectivity index (χ1n) is 5.49. The third-order valence-electron chi connectivity index (χ3n) is 2.60. The number of amides is 1. The first-order chi connectivity index (χ1) is 9.38. The van der Waals surface area contributed by atoms with E-state index in [-0.39, 0.29) is 16.9 Å². The Morgan fingerprint density at radius 2 is 1.85 bits per heavy atom. The van der Waals surface area contributed by atoms with Gasteiger partial charge >= 0.3 is 0 Å². The molecule has 0 aromatic heterocycles. The number of nitrogens with one attached hydrogen (secondary N) is 1. The molecule has 0 saturated heterocycles. The van der Waals surface area contributed by atoms with Crippen molar-refractivity contribution in [2.45, 2.75) is 0 Å². The molecule has 7 heteroatoms. The number of anilines is 3. The monoisotopic (exact) mass is 341 g/mol. The lowest BCUT2D eigenvalue weighted by atomic mass is 10.1. The summed E-state index contributed by atoms with van der Waals surface area (Å²) < 4.78 is 27.4. The van der Waals surface area contributed by atoms with Crippen molar-refractivity contribution in [3.05, 3.63) is 52.0 Å². The van der Waals surface area contributed by atoms with Gasteiger partial charge in [0.15, 0.2) is 0 Å². The molecule has 0 heterocycles. The van der Waals surface area contributed by atoms with Gasteiger partial charge in [0.1, 0.15) is 11.6 Å². The number of benzene rings is 2. The van der Waals surface area contributed by atoms with Crippen molar-refractivity contribution in [3.8, 4) is 0 Å². The zero-order valence-corrected chi connectivity index (χ0v) is 11.7. The highest BCUT2D eigenvalue weighted by Gasteiger charge is 2.12. The minimum atomic E-state index is -0.771. The van der Waals surface area contributed by atoms with Crippen molar-refractivity contribution in [2.75, 3.05) is 11.1 Å². The zero-order chi connectivity index (χ0) is 14.9. The minimum absolute atomic E-state index is 0.00789. The van der Waals surface area contributed by atoms with E-state index in [1.54, 1.807) is 6.07 Å². The number of halogens is 3. The Hall–Kier alpha value is -2.15. The molecule has 0 fully saturated rings. The van der Waals surface area contributed by atoms with Gasteiger partial charge < -0.3 is 16.8 Å². The Labute approximate surface area is 121 Å². The van der Waals surface area contributed by atoms with E-state index in [1.165, 1.54) is 18.2 Å². The van der Waals surface area contributed by atoms with Crippen LogP contribution in [0, 0.1) is 11.6 Å². The predicted molar refractivity (Wildman–Crippen MR) is 76.7 cm³/mol. The molecule has 0 aliphatic rings. The topological polar surface area (TPSA) is 81.1 Å². The van der Waals surface area contributed by atoms with Crippen LogP contribution < -0.4 is 16.8 Å². The Kier molecular flexibility index (Phi) is 3.89. The molecule has 0 bridgehead atoms. The van der Waals surface area contributed by atoms with Crippen molar-refractivity contribution in [2.24, 2.45) is 5.73 Å². The normalized spacial score (nSPS) is 10.3. The number of rotatable bonds is 3. The van der Waals surface area contributed by atoms with E-state index in [2.05, 4.69) is 21.2 Å². The van der Waals surface area contributed by atoms with Gasteiger partial charge in [-0.3, -0.25) is 4.79 Å². The smallest absolute Gasteiger partial charge is 0.250 e. The van der Waals surface area contributed by atoms with Crippen molar-refractivity contribution in [1.82, 2.24) is 0 Å². The van der Waals surface area contributed by atoms with Crippen LogP contribution in [-0.2, 0) is 0 Å². The summed E-state index contributed by atoms with van der Waals surface area (Å²) in [5.41, 5.74) is 10.9. The van der Waals surface area contributed by atoms with Crippen molar-refractivity contribution in [3.63, 3.8) is 0 Å². The van der Waals surface area contributed by atoms with E-state index in [4.69, 9.17) is 11.5 Å². The molecule has 4 nitrogen and oxygen atoms in total. The zero-order valence-electron chi connectivity index (χ0n) is 10.1. The van der Waals surface area contributed by atoms with Gasteiger partial charge in [-0.25, -0.2) is 8.78 Å². The second kappa shape index (κ2) is 5.46. The Balaban J connectivity index is 2.40. The summed E-state index contributed by atoms with van der Waals surface area (Å²) in [5, 5.41) is 2.66. The fraction of sp³-hybridized carbons (Fsp3) is 0. The maximum atomic E-state index is 13.8. The number of nitrogen functional groups attached to an aromatic ring is 1. The summed E-state index contributed by atoms with van der Waals surface area (Å²) in [4.78, 5) is 11.2. The van der Waals surface area contributed by atoms with Gasteiger partial charge in [0.05, 0.1) is 15.7 Å². The first-order valence-corrected chi connectivity index (χ1v) is 6.28. The van der Waals surface area contributed by atoms with Gasteiger partial charge in [0.25, 0.3) is 5.91 Å². The largest absolute Gasteiger partial charge is 0.398 e. The number of carbonyl (C=O) groups is 1. The van der Waals surface area contributed by atoms with Crippen LogP contribution in [0.25, 0.3) is 0 Å². The van der Waals surface area contributed by atoms with Crippen LogP contribution in [0.2, 0.25) is 0 Å². The fourth-order valence-corrected chi connectivity index (χ4v) is 1.87. The molecule has 0 radical (unpaired) electrons. The van der Waals surface area contributed by atoms with Gasteiger partial charge in [0, 0.05) is 11.4 Å². The van der Waals surface area contributed by atoms with Crippen LogP contribution >= 0.6 is 15.9 Å². The highest BCUT2D eigenvalue weighted by atomic mass is 79.9. The maximum Gasteiger partial charge on any atom is 0.250 e. The molecule has 0 unspecified atom stereocenters. The molecule has 1 amide bonds. The van der Waals surface area contributed by atoms with Crippen molar-refractivity contribution in [1.29, 1.82) is 0 Å². The fourth-order valence-electron chi connectivity index (χ4n) is 1.63. The number of hydrogen-bond donors (Lipinski definition) is 3. The lowest BCUT2D eigenvalue weighted by molar-refractivity contribution is 0.100. The van der Waals surface area contributed by atoms with Gasteiger partial charge in [-0.15, -0.1) is 0 Å². The standard InChI is InChI=1S/C13H10BrF2N3O/c14-8-2-1-6(3-9(8)15)19-12-4-7(13(18)20)11(17)5-10(12)16/h1-5,19H,17H2,(H2,18,20). The van der Waals surface area contributed by atoms with Crippen LogP contribution in [0.4, 0.5) is 25.8 Å². The summed E-state index contributed by atoms with van der Waals surface area (Å²) in [5.74, 6) is -1.94. The van der Waals surface area contributed by atoms with E-state index in [9.17, 15) is 13.6 Å². The molecule has 2 aromatic rings. The Bertz CT molecular complexity index is 692. The van der Waals surface area contributed by atoms with Crippen LogP contribution in [0.5, 0.6) is 0 Å². The molecule has 0 atom stereocenters. The van der Waals surface area contributed by atoms with E-state index in [0.717, 1.165) is 6.07 Å². The van der Waals surface area contributed by atoms with E-state index in [0.29, 0.717) is 10.2 Å². The quantitative estimate of drug-likeness (QED) is 0.750. The number of hydrogen-bond acceptors (Lipinski definition) is 3. The Morgan fingerprint density at radius 3 is 2.45 bits per heavy atom. The van der Waals surface area contributed by atoms with Gasteiger partial charge in [-0.05, 0) is 46.3 Å². The third-order valence-corrected chi connectivity index (χ3v) is 3.25. The lowest BCUT2D eigenvalue weighted by Gasteiger charge is -2.11. The molecule has 0 aliphatic heterocycles. The van der Waals surface area contributed by atoms with Crippen LogP contribution in [0.15, 0.2) is 34.8 Å². The molecule has 2 rings (SSSR count). The number of carbonyl (C=O) groups excluding carboxylic acids is 1. The molecular formula is C13H10BrF2N3O. The second-order valence-electron chi connectivity index (χ2n) is 4.04. The molecule has 2 aromatic carbocycles. The second-order valence-corrected chi connectivity index (χ2v) is 4.89. The lowest BCUT2D eigenvalue weighted by Crippen LogP contribution is -2.14. The van der Waals surface area contributed by atoms with Crippen molar-refractivity contribution >= 4 is 38.9 Å². The molecule has 104 valence electrons. The molecule has 0 saturated carbocycles. The van der Waals surface area contributed by atoms with Crippen molar-refractivity contribution < 1.29 is 13.6 Å².